The topological polar surface area (TPSA) is 95.2 Å². The highest BCUT2D eigenvalue weighted by molar-refractivity contribution is 5.47. The van der Waals surface area contributed by atoms with Gasteiger partial charge in [0.1, 0.15) is 0 Å². The molecule has 0 amide bonds. The Hall–Kier alpha value is -2.82. The molecule has 0 spiro atoms. The van der Waals surface area contributed by atoms with Gasteiger partial charge in [-0.05, 0) is 21.7 Å². The van der Waals surface area contributed by atoms with Gasteiger partial charge in [-0.3, -0.25) is 0 Å². The smallest absolute Gasteiger partial charge is 0.185 e. The van der Waals surface area contributed by atoms with Gasteiger partial charge in [-0.2, -0.15) is 21.0 Å². The summed E-state index contributed by atoms with van der Waals surface area (Å²) in [6.45, 7) is 25.2. The van der Waals surface area contributed by atoms with Crippen molar-refractivity contribution in [2.45, 2.75) is 83.1 Å². The Balaban J connectivity index is 4.12. The number of rotatable bonds is 2. The quantitative estimate of drug-likeness (QED) is 0.393. The Bertz CT molecular complexity index is 897. The van der Waals surface area contributed by atoms with Gasteiger partial charge in [0.15, 0.2) is 10.8 Å². The van der Waals surface area contributed by atoms with E-state index in [0.717, 1.165) is 11.1 Å². The summed E-state index contributed by atoms with van der Waals surface area (Å²) < 4.78 is 0. The zero-order chi connectivity index (χ0) is 27.0. The fourth-order valence-electron chi connectivity index (χ4n) is 5.72. The third-order valence-corrected chi connectivity index (χ3v) is 6.78. The van der Waals surface area contributed by atoms with Crippen molar-refractivity contribution in [3.63, 3.8) is 0 Å². The van der Waals surface area contributed by atoms with Crippen molar-refractivity contribution in [1.29, 1.82) is 21.0 Å². The average molecular weight is 459 g/mol. The molecule has 1 aliphatic carbocycles. The minimum absolute atomic E-state index is 0.215. The highest BCUT2D eigenvalue weighted by Crippen LogP contribution is 2.56. The summed E-state index contributed by atoms with van der Waals surface area (Å²) in [6, 6.07) is 8.67. The van der Waals surface area contributed by atoms with Crippen molar-refractivity contribution in [3.8, 4) is 24.3 Å². The van der Waals surface area contributed by atoms with Gasteiger partial charge < -0.3 is 0 Å². The predicted octanol–water partition coefficient (Wildman–Crippen LogP) is 7.89. The summed E-state index contributed by atoms with van der Waals surface area (Å²) >= 11 is 0. The molecule has 0 saturated heterocycles. The lowest BCUT2D eigenvalue weighted by Gasteiger charge is -2.44. The second-order valence-corrected chi connectivity index (χ2v) is 13.7. The van der Waals surface area contributed by atoms with E-state index in [2.05, 4.69) is 107 Å². The first-order chi connectivity index (χ1) is 15.2. The van der Waals surface area contributed by atoms with E-state index in [1.807, 2.05) is 24.3 Å². The Morgan fingerprint density at radius 3 is 0.882 bits per heavy atom. The Morgan fingerprint density at radius 2 is 0.735 bits per heavy atom. The molecule has 1 aliphatic rings. The zero-order valence-corrected chi connectivity index (χ0v) is 23.3. The van der Waals surface area contributed by atoms with Gasteiger partial charge in [-0.1, -0.05) is 119 Å². The second-order valence-electron chi connectivity index (χ2n) is 13.7. The van der Waals surface area contributed by atoms with E-state index < -0.39 is 22.7 Å². The summed E-state index contributed by atoms with van der Waals surface area (Å²) in [5, 5.41) is 41.8. The predicted molar refractivity (Wildman–Crippen MR) is 137 cm³/mol. The Morgan fingerprint density at radius 1 is 0.529 bits per heavy atom. The van der Waals surface area contributed by atoms with Gasteiger partial charge in [-0.25, -0.2) is 0 Å². The fraction of sp³-hybridized carbons (Fsp3) is 0.667. The highest BCUT2D eigenvalue weighted by atomic mass is 14.6. The van der Waals surface area contributed by atoms with Crippen LogP contribution >= 0.6 is 0 Å². The first-order valence-electron chi connectivity index (χ1n) is 12.0. The molecule has 0 aromatic carbocycles. The van der Waals surface area contributed by atoms with Gasteiger partial charge in [0.05, 0.1) is 24.3 Å². The van der Waals surface area contributed by atoms with Crippen LogP contribution in [-0.2, 0) is 0 Å². The molecule has 0 heterocycles. The molecule has 0 fully saturated rings. The molecule has 4 nitrogen and oxygen atoms in total. The van der Waals surface area contributed by atoms with Gasteiger partial charge in [-0.15, -0.1) is 0 Å². The van der Waals surface area contributed by atoms with E-state index in [1.54, 1.807) is 0 Å². The lowest BCUT2D eigenvalue weighted by Crippen LogP contribution is -2.50. The molecule has 0 bridgehead atoms. The summed E-state index contributed by atoms with van der Waals surface area (Å²) in [5.74, 6) is -1.37. The van der Waals surface area contributed by atoms with Crippen LogP contribution in [0.1, 0.15) is 83.1 Å². The Kier molecular flexibility index (Phi) is 7.81. The zero-order valence-electron chi connectivity index (χ0n) is 23.3. The maximum atomic E-state index is 10.4. The van der Waals surface area contributed by atoms with Crippen LogP contribution in [-0.4, -0.2) is 0 Å². The molecule has 0 aromatic heterocycles. The summed E-state index contributed by atoms with van der Waals surface area (Å²) in [7, 11) is 0. The normalized spacial score (nSPS) is 21.8. The maximum absolute atomic E-state index is 10.4. The number of hydrogen-bond donors (Lipinski definition) is 0. The van der Waals surface area contributed by atoms with E-state index in [0.29, 0.717) is 0 Å². The molecule has 34 heavy (non-hydrogen) atoms. The maximum Gasteiger partial charge on any atom is 0.185 e. The van der Waals surface area contributed by atoms with Crippen LogP contribution in [0.4, 0.5) is 0 Å². The number of nitrogens with zero attached hydrogens (tertiary/aromatic N) is 4. The van der Waals surface area contributed by atoms with Gasteiger partial charge >= 0.3 is 0 Å². The molecule has 0 unspecified atom stereocenters. The van der Waals surface area contributed by atoms with Crippen molar-refractivity contribution in [2.75, 3.05) is 0 Å². The van der Waals surface area contributed by atoms with E-state index >= 15 is 0 Å². The molecule has 4 heteroatoms. The van der Waals surface area contributed by atoms with E-state index in [-0.39, 0.29) is 21.7 Å². The molecule has 2 atom stereocenters. The molecular formula is C30H42N4. The van der Waals surface area contributed by atoms with Crippen molar-refractivity contribution in [3.05, 3.63) is 35.5 Å². The average Bonchev–Trinajstić information content (AvgIpc) is 2.66. The first kappa shape index (κ1) is 29.2. The van der Waals surface area contributed by atoms with E-state index in [4.69, 9.17) is 0 Å². The van der Waals surface area contributed by atoms with E-state index in [1.165, 1.54) is 0 Å². The number of allylic oxidation sites excluding steroid dienone is 6. The lowest BCUT2D eigenvalue weighted by atomic mass is 9.50. The molecule has 0 radical (unpaired) electrons. The van der Waals surface area contributed by atoms with Crippen LogP contribution in [0.15, 0.2) is 35.5 Å². The molecule has 0 aliphatic heterocycles. The van der Waals surface area contributed by atoms with Crippen LogP contribution in [0.2, 0.25) is 0 Å². The second kappa shape index (κ2) is 9.09. The third-order valence-electron chi connectivity index (χ3n) is 6.78. The molecule has 0 N–H and O–H groups in total. The van der Waals surface area contributed by atoms with Gasteiger partial charge in [0.2, 0.25) is 0 Å². The highest BCUT2D eigenvalue weighted by Gasteiger charge is 2.63. The Labute approximate surface area is 208 Å². The first-order valence-corrected chi connectivity index (χ1v) is 12.0. The van der Waals surface area contributed by atoms with Gasteiger partial charge in [0, 0.05) is 11.8 Å². The van der Waals surface area contributed by atoms with Crippen molar-refractivity contribution < 1.29 is 0 Å². The minimum atomic E-state index is -1.85. The van der Waals surface area contributed by atoms with E-state index in [9.17, 15) is 21.0 Å². The standard InChI is InChI=1S/C30H42N4/c1-25(2,3)23(26(4,5)6)15-21-13-14-22(16-24(27(7,8)9)28(10,11)12)30(19-33,20-34)29(21,17-31)18-32/h13-16,21-22H,1-12H3/t21-,22+. The molecule has 1 rings (SSSR count). The van der Waals surface area contributed by atoms with Crippen LogP contribution in [0.5, 0.6) is 0 Å². The van der Waals surface area contributed by atoms with Crippen molar-refractivity contribution in [1.82, 2.24) is 0 Å². The van der Waals surface area contributed by atoms with Crippen LogP contribution in [0, 0.1) is 89.7 Å². The SMILES string of the molecule is CC(C)(C)C(=C[C@H]1C=C[C@@H](C=C(C(C)(C)C)C(C)(C)C)C(C#N)(C#N)C1(C#N)C#N)C(C)(C)C. The largest absolute Gasteiger partial charge is 0.196 e. The summed E-state index contributed by atoms with van der Waals surface area (Å²) in [5.41, 5.74) is -2.41. The monoisotopic (exact) mass is 458 g/mol. The molecule has 0 saturated carbocycles. The van der Waals surface area contributed by atoms with Crippen molar-refractivity contribution >= 4 is 0 Å². The number of nitriles is 4. The van der Waals surface area contributed by atoms with Crippen LogP contribution < -0.4 is 0 Å². The minimum Gasteiger partial charge on any atom is -0.196 e. The third kappa shape index (κ3) is 5.13. The molecular weight excluding hydrogens is 416 g/mol. The van der Waals surface area contributed by atoms with Crippen LogP contribution in [0.3, 0.4) is 0 Å². The molecule has 182 valence electrons. The fourth-order valence-corrected chi connectivity index (χ4v) is 5.72. The summed E-state index contributed by atoms with van der Waals surface area (Å²) in [6.07, 6.45) is 7.64. The van der Waals surface area contributed by atoms with Crippen molar-refractivity contribution in [2.24, 2.45) is 44.3 Å². The lowest BCUT2D eigenvalue weighted by molar-refractivity contribution is 0.197. The van der Waals surface area contributed by atoms with Gasteiger partial charge in [0.25, 0.3) is 0 Å². The van der Waals surface area contributed by atoms with Crippen LogP contribution in [0.25, 0.3) is 0 Å². The number of hydrogen-bond acceptors (Lipinski definition) is 4. The molecule has 0 aromatic rings. The summed E-state index contributed by atoms with van der Waals surface area (Å²) in [4.78, 5) is 0.